The van der Waals surface area contributed by atoms with Gasteiger partial charge in [-0.2, -0.15) is 0 Å². The van der Waals surface area contributed by atoms with Crippen LogP contribution >= 0.6 is 0 Å². The number of carbonyl (C=O) groups is 2. The molecule has 1 fully saturated rings. The van der Waals surface area contributed by atoms with Crippen LogP contribution in [-0.2, 0) is 15.6 Å². The SMILES string of the molecule is CCC1(C(=O)O)CCCN(C(=O)NCCC(C)S(C)=O)C1. The minimum Gasteiger partial charge on any atom is -0.481 e. The monoisotopic (exact) mass is 318 g/mol. The molecule has 2 N–H and O–H groups in total. The average Bonchev–Trinajstić information content (AvgIpc) is 2.46. The van der Waals surface area contributed by atoms with Crippen LogP contribution in [0.5, 0.6) is 0 Å². The molecule has 7 heteroatoms. The molecule has 0 aromatic carbocycles. The van der Waals surface area contributed by atoms with Gasteiger partial charge in [-0.15, -0.1) is 0 Å². The van der Waals surface area contributed by atoms with Crippen molar-refractivity contribution in [2.24, 2.45) is 5.41 Å². The molecule has 3 unspecified atom stereocenters. The number of rotatable bonds is 6. The summed E-state index contributed by atoms with van der Waals surface area (Å²) in [4.78, 5) is 25.2. The van der Waals surface area contributed by atoms with Gasteiger partial charge in [-0.1, -0.05) is 13.8 Å². The van der Waals surface area contributed by atoms with E-state index in [-0.39, 0.29) is 17.8 Å². The Bertz CT molecular complexity index is 416. The Balaban J connectivity index is 2.51. The molecule has 3 atom stereocenters. The quantitative estimate of drug-likeness (QED) is 0.775. The number of carbonyl (C=O) groups excluding carboxylic acids is 1. The standard InChI is InChI=1S/C14H26N2O4S/c1-4-14(12(17)18)7-5-9-16(10-14)13(19)15-8-6-11(2)21(3)20/h11H,4-10H2,1-3H3,(H,15,19)(H,17,18). The second kappa shape index (κ2) is 7.77. The van der Waals surface area contributed by atoms with E-state index in [0.29, 0.717) is 38.8 Å². The topological polar surface area (TPSA) is 86.7 Å². The lowest BCUT2D eigenvalue weighted by atomic mass is 9.78. The number of likely N-dealkylation sites (tertiary alicyclic amines) is 1. The zero-order valence-corrected chi connectivity index (χ0v) is 13.9. The highest BCUT2D eigenvalue weighted by atomic mass is 32.2. The largest absolute Gasteiger partial charge is 0.481 e. The highest BCUT2D eigenvalue weighted by Crippen LogP contribution is 2.33. The molecule has 1 heterocycles. The smallest absolute Gasteiger partial charge is 0.317 e. The molecule has 21 heavy (non-hydrogen) atoms. The molecule has 0 saturated carbocycles. The summed E-state index contributed by atoms with van der Waals surface area (Å²) in [6.07, 6.45) is 4.16. The fourth-order valence-electron chi connectivity index (χ4n) is 2.58. The van der Waals surface area contributed by atoms with E-state index in [4.69, 9.17) is 0 Å². The summed E-state index contributed by atoms with van der Waals surface area (Å²) >= 11 is 0. The molecule has 6 nitrogen and oxygen atoms in total. The number of amides is 2. The van der Waals surface area contributed by atoms with Crippen molar-refractivity contribution in [3.63, 3.8) is 0 Å². The Morgan fingerprint density at radius 2 is 2.14 bits per heavy atom. The Morgan fingerprint density at radius 3 is 2.67 bits per heavy atom. The molecule has 1 aliphatic heterocycles. The maximum absolute atomic E-state index is 12.1. The number of nitrogens with zero attached hydrogens (tertiary/aromatic N) is 1. The zero-order chi connectivity index (χ0) is 16.0. The van der Waals surface area contributed by atoms with Gasteiger partial charge in [-0.25, -0.2) is 4.79 Å². The Morgan fingerprint density at radius 1 is 1.48 bits per heavy atom. The van der Waals surface area contributed by atoms with E-state index in [9.17, 15) is 18.9 Å². The van der Waals surface area contributed by atoms with Crippen molar-refractivity contribution in [3.05, 3.63) is 0 Å². The van der Waals surface area contributed by atoms with Gasteiger partial charge >= 0.3 is 12.0 Å². The molecule has 1 saturated heterocycles. The van der Waals surface area contributed by atoms with E-state index in [2.05, 4.69) is 5.32 Å². The van der Waals surface area contributed by atoms with Gasteiger partial charge in [0.05, 0.1) is 5.41 Å². The predicted octanol–water partition coefficient (Wildman–Crippen LogP) is 1.43. The van der Waals surface area contributed by atoms with Crippen molar-refractivity contribution >= 4 is 22.8 Å². The molecular formula is C14H26N2O4S. The number of carboxylic acid groups (broad SMARTS) is 1. The van der Waals surface area contributed by atoms with Crippen LogP contribution in [0.2, 0.25) is 0 Å². The number of piperidine rings is 1. The van der Waals surface area contributed by atoms with Crippen molar-refractivity contribution in [1.29, 1.82) is 0 Å². The van der Waals surface area contributed by atoms with Gasteiger partial charge in [-0.3, -0.25) is 9.00 Å². The molecule has 0 radical (unpaired) electrons. The molecule has 0 bridgehead atoms. The summed E-state index contributed by atoms with van der Waals surface area (Å²) in [5.74, 6) is -0.822. The number of nitrogens with one attached hydrogen (secondary N) is 1. The first-order valence-electron chi connectivity index (χ1n) is 7.41. The van der Waals surface area contributed by atoms with Crippen LogP contribution in [0.15, 0.2) is 0 Å². The van der Waals surface area contributed by atoms with E-state index >= 15 is 0 Å². The molecule has 1 rings (SSSR count). The normalized spacial score (nSPS) is 25.2. The van der Waals surface area contributed by atoms with Gasteiger partial charge in [-0.05, 0) is 25.7 Å². The summed E-state index contributed by atoms with van der Waals surface area (Å²) in [6.45, 7) is 5.06. The van der Waals surface area contributed by atoms with Crippen LogP contribution in [0, 0.1) is 5.41 Å². The summed E-state index contributed by atoms with van der Waals surface area (Å²) in [5.41, 5.74) is -0.812. The lowest BCUT2D eigenvalue weighted by Gasteiger charge is -2.39. The van der Waals surface area contributed by atoms with Gasteiger partial charge in [0.15, 0.2) is 0 Å². The van der Waals surface area contributed by atoms with E-state index < -0.39 is 22.2 Å². The van der Waals surface area contributed by atoms with E-state index in [1.165, 1.54) is 0 Å². The highest BCUT2D eigenvalue weighted by Gasteiger charge is 2.42. The fraction of sp³-hybridized carbons (Fsp3) is 0.857. The van der Waals surface area contributed by atoms with Crippen molar-refractivity contribution in [2.75, 3.05) is 25.9 Å². The van der Waals surface area contributed by atoms with E-state index in [0.717, 1.165) is 0 Å². The van der Waals surface area contributed by atoms with E-state index in [1.54, 1.807) is 11.2 Å². The third-order valence-electron chi connectivity index (χ3n) is 4.39. The van der Waals surface area contributed by atoms with Crippen LogP contribution in [0.25, 0.3) is 0 Å². The first-order chi connectivity index (χ1) is 9.82. The summed E-state index contributed by atoms with van der Waals surface area (Å²) in [5, 5.41) is 12.2. The maximum Gasteiger partial charge on any atom is 0.317 e. The molecular weight excluding hydrogens is 292 g/mol. The molecule has 0 aromatic heterocycles. The number of hydrogen-bond acceptors (Lipinski definition) is 3. The first kappa shape index (κ1) is 17.9. The lowest BCUT2D eigenvalue weighted by molar-refractivity contribution is -0.152. The maximum atomic E-state index is 12.1. The van der Waals surface area contributed by atoms with Gasteiger partial charge in [0.2, 0.25) is 0 Å². The van der Waals surface area contributed by atoms with Gasteiger partial charge in [0, 0.05) is 41.9 Å². The first-order valence-corrected chi connectivity index (χ1v) is 9.03. The van der Waals surface area contributed by atoms with E-state index in [1.807, 2.05) is 13.8 Å². The Kier molecular flexibility index (Phi) is 6.64. The molecule has 2 amide bonds. The Labute approximate surface area is 128 Å². The number of hydrogen-bond donors (Lipinski definition) is 2. The van der Waals surface area contributed by atoms with Crippen LogP contribution in [0.4, 0.5) is 4.79 Å². The average molecular weight is 318 g/mol. The summed E-state index contributed by atoms with van der Waals surface area (Å²) in [6, 6.07) is -0.220. The van der Waals surface area contributed by atoms with Crippen LogP contribution in [0.3, 0.4) is 0 Å². The van der Waals surface area contributed by atoms with Crippen LogP contribution < -0.4 is 5.32 Å². The predicted molar refractivity (Wildman–Crippen MR) is 82.7 cm³/mol. The molecule has 0 spiro atoms. The molecule has 0 aliphatic carbocycles. The van der Waals surface area contributed by atoms with Gasteiger partial charge < -0.3 is 15.3 Å². The minimum absolute atomic E-state index is 0.0420. The molecule has 122 valence electrons. The lowest BCUT2D eigenvalue weighted by Crippen LogP contribution is -2.52. The highest BCUT2D eigenvalue weighted by molar-refractivity contribution is 7.84. The second-order valence-electron chi connectivity index (χ2n) is 5.79. The zero-order valence-electron chi connectivity index (χ0n) is 13.1. The minimum atomic E-state index is -0.892. The van der Waals surface area contributed by atoms with Crippen molar-refractivity contribution in [2.45, 2.75) is 44.8 Å². The third kappa shape index (κ3) is 4.69. The van der Waals surface area contributed by atoms with Crippen molar-refractivity contribution in [3.8, 4) is 0 Å². The number of carboxylic acids is 1. The second-order valence-corrected chi connectivity index (χ2v) is 7.60. The molecule has 1 aliphatic rings. The number of urea groups is 1. The number of aliphatic carboxylic acids is 1. The Hall–Kier alpha value is -1.11. The fourth-order valence-corrected chi connectivity index (χ4v) is 3.03. The van der Waals surface area contributed by atoms with Gasteiger partial charge in [0.25, 0.3) is 0 Å². The van der Waals surface area contributed by atoms with Crippen molar-refractivity contribution < 1.29 is 18.9 Å². The van der Waals surface area contributed by atoms with Gasteiger partial charge in [0.1, 0.15) is 0 Å². The van der Waals surface area contributed by atoms with Crippen LogP contribution in [0.1, 0.15) is 39.5 Å². The summed E-state index contributed by atoms with van der Waals surface area (Å²) in [7, 11) is -0.892. The summed E-state index contributed by atoms with van der Waals surface area (Å²) < 4.78 is 11.2. The van der Waals surface area contributed by atoms with Crippen molar-refractivity contribution in [1.82, 2.24) is 10.2 Å². The third-order valence-corrected chi connectivity index (χ3v) is 5.76. The molecule has 0 aromatic rings. The van der Waals surface area contributed by atoms with Crippen LogP contribution in [-0.4, -0.2) is 57.4 Å².